The number of hydrogen-bond donors (Lipinski definition) is 1. The minimum Gasteiger partial charge on any atom is -0.493 e. The van der Waals surface area contributed by atoms with E-state index in [4.69, 9.17) is 9.47 Å². The Kier molecular flexibility index (Phi) is 9.56. The van der Waals surface area contributed by atoms with E-state index in [0.29, 0.717) is 24.7 Å². The molecule has 0 saturated heterocycles. The van der Waals surface area contributed by atoms with Crippen molar-refractivity contribution in [2.45, 2.75) is 19.6 Å². The fourth-order valence-electron chi connectivity index (χ4n) is 2.87. The molecule has 0 atom stereocenters. The molecule has 0 bridgehead atoms. The van der Waals surface area contributed by atoms with Gasteiger partial charge in [0.2, 0.25) is 0 Å². The van der Waals surface area contributed by atoms with Gasteiger partial charge in [-0.1, -0.05) is 24.3 Å². The van der Waals surface area contributed by atoms with E-state index in [9.17, 15) is 8.78 Å². The van der Waals surface area contributed by atoms with Crippen molar-refractivity contribution in [3.05, 3.63) is 93.5 Å². The predicted octanol–water partition coefficient (Wildman–Crippen LogP) is 6.07. The Bertz CT molecular complexity index is 937. The first-order chi connectivity index (χ1) is 14.0. The molecule has 3 aromatic carbocycles. The van der Waals surface area contributed by atoms with Crippen LogP contribution in [0.1, 0.15) is 16.7 Å². The maximum Gasteiger partial charge on any atom is 0.175 e. The number of rotatable bonds is 9. The highest BCUT2D eigenvalue weighted by atomic mass is 79.9. The lowest BCUT2D eigenvalue weighted by atomic mass is 10.1. The molecule has 30 heavy (non-hydrogen) atoms. The molecule has 3 rings (SSSR count). The zero-order chi connectivity index (χ0) is 20.6. The summed E-state index contributed by atoms with van der Waals surface area (Å²) in [6, 6.07) is 16.6. The molecule has 0 aliphatic carbocycles. The fourth-order valence-corrected chi connectivity index (χ4v) is 3.47. The summed E-state index contributed by atoms with van der Waals surface area (Å²) in [5.74, 6) is 0.730. The molecule has 7 heteroatoms. The monoisotopic (exact) mass is 497 g/mol. The first kappa shape index (κ1) is 24.1. The second kappa shape index (κ2) is 11.9. The number of nitrogens with one attached hydrogen (secondary N) is 1. The van der Waals surface area contributed by atoms with Gasteiger partial charge in [-0.05, 0) is 82.0 Å². The normalized spacial score (nSPS) is 10.4. The van der Waals surface area contributed by atoms with Gasteiger partial charge in [-0.2, -0.15) is 0 Å². The van der Waals surface area contributed by atoms with Crippen molar-refractivity contribution in [1.82, 2.24) is 5.32 Å². The van der Waals surface area contributed by atoms with Gasteiger partial charge >= 0.3 is 0 Å². The van der Waals surface area contributed by atoms with Gasteiger partial charge in [-0.3, -0.25) is 0 Å². The number of benzene rings is 3. The summed E-state index contributed by atoms with van der Waals surface area (Å²) < 4.78 is 38.1. The van der Waals surface area contributed by atoms with Gasteiger partial charge in [-0.25, -0.2) is 8.78 Å². The molecule has 3 aromatic rings. The van der Waals surface area contributed by atoms with Gasteiger partial charge in [0.05, 0.1) is 11.6 Å². The number of methoxy groups -OCH3 is 1. The van der Waals surface area contributed by atoms with Crippen LogP contribution in [0.2, 0.25) is 0 Å². The number of ether oxygens (including phenoxy) is 2. The molecular weight excluding hydrogens is 476 g/mol. The van der Waals surface area contributed by atoms with Crippen molar-refractivity contribution in [3.8, 4) is 11.5 Å². The molecule has 0 aliphatic heterocycles. The SMILES string of the molecule is COc1cc(CNCCc2ccc(F)cc2)cc(Br)c1OCc1ccc(F)cc1.Cl. The fraction of sp³-hybridized carbons (Fsp3) is 0.217. The van der Waals surface area contributed by atoms with Crippen LogP contribution >= 0.6 is 28.3 Å². The van der Waals surface area contributed by atoms with Gasteiger partial charge in [0.25, 0.3) is 0 Å². The average molecular weight is 499 g/mol. The Morgan fingerprint density at radius 1 is 0.867 bits per heavy atom. The number of halogens is 4. The smallest absolute Gasteiger partial charge is 0.175 e. The van der Waals surface area contributed by atoms with Crippen LogP contribution in [0.25, 0.3) is 0 Å². The Balaban J connectivity index is 0.00000320. The first-order valence-electron chi connectivity index (χ1n) is 9.24. The molecule has 0 heterocycles. The van der Waals surface area contributed by atoms with E-state index in [1.165, 1.54) is 24.3 Å². The maximum absolute atomic E-state index is 13.0. The third-order valence-electron chi connectivity index (χ3n) is 4.42. The van der Waals surface area contributed by atoms with E-state index in [-0.39, 0.29) is 24.0 Å². The summed E-state index contributed by atoms with van der Waals surface area (Å²) in [7, 11) is 1.60. The Morgan fingerprint density at radius 2 is 1.47 bits per heavy atom. The van der Waals surface area contributed by atoms with Crippen LogP contribution in [-0.2, 0) is 19.6 Å². The van der Waals surface area contributed by atoms with Crippen molar-refractivity contribution in [2.75, 3.05) is 13.7 Å². The second-order valence-corrected chi connectivity index (χ2v) is 7.43. The van der Waals surface area contributed by atoms with Crippen molar-refractivity contribution in [1.29, 1.82) is 0 Å². The van der Waals surface area contributed by atoms with Crippen LogP contribution in [0.3, 0.4) is 0 Å². The second-order valence-electron chi connectivity index (χ2n) is 6.58. The lowest BCUT2D eigenvalue weighted by Gasteiger charge is -2.15. The molecule has 0 saturated carbocycles. The predicted molar refractivity (Wildman–Crippen MR) is 120 cm³/mol. The van der Waals surface area contributed by atoms with Crippen LogP contribution in [0.15, 0.2) is 65.1 Å². The standard InChI is InChI=1S/C23H22BrF2NO2.ClH/c1-28-22-13-18(14-27-11-10-16-2-6-19(25)7-3-16)12-21(24)23(22)29-15-17-4-8-20(26)9-5-17;/h2-9,12-13,27H,10-11,14-15H2,1H3;1H. The van der Waals surface area contributed by atoms with Gasteiger partial charge in [0.15, 0.2) is 11.5 Å². The molecule has 0 amide bonds. The molecule has 0 aliphatic rings. The lowest BCUT2D eigenvalue weighted by Crippen LogP contribution is -2.16. The van der Waals surface area contributed by atoms with Crippen molar-refractivity contribution >= 4 is 28.3 Å². The van der Waals surface area contributed by atoms with E-state index >= 15 is 0 Å². The molecular formula is C23H23BrClF2NO2. The zero-order valence-corrected chi connectivity index (χ0v) is 18.9. The van der Waals surface area contributed by atoms with Crippen LogP contribution < -0.4 is 14.8 Å². The largest absolute Gasteiger partial charge is 0.493 e. The highest BCUT2D eigenvalue weighted by Crippen LogP contribution is 2.37. The van der Waals surface area contributed by atoms with Crippen molar-refractivity contribution in [2.24, 2.45) is 0 Å². The Labute approximate surface area is 189 Å². The lowest BCUT2D eigenvalue weighted by molar-refractivity contribution is 0.282. The average Bonchev–Trinajstić information content (AvgIpc) is 2.72. The summed E-state index contributed by atoms with van der Waals surface area (Å²) in [6.45, 7) is 1.74. The molecule has 3 nitrogen and oxygen atoms in total. The van der Waals surface area contributed by atoms with Crippen molar-refractivity contribution < 1.29 is 18.3 Å². The molecule has 0 spiro atoms. The minimum absolute atomic E-state index is 0. The quantitative estimate of drug-likeness (QED) is 0.363. The molecule has 0 aromatic heterocycles. The van der Waals surface area contributed by atoms with E-state index < -0.39 is 0 Å². The van der Waals surface area contributed by atoms with Crippen LogP contribution in [0.4, 0.5) is 8.78 Å². The van der Waals surface area contributed by atoms with E-state index in [1.54, 1.807) is 31.4 Å². The summed E-state index contributed by atoms with van der Waals surface area (Å²) in [5.41, 5.74) is 3.00. The number of hydrogen-bond acceptors (Lipinski definition) is 3. The van der Waals surface area contributed by atoms with Crippen LogP contribution in [0, 0.1) is 11.6 Å². The first-order valence-corrected chi connectivity index (χ1v) is 10.0. The van der Waals surface area contributed by atoms with Crippen LogP contribution in [0.5, 0.6) is 11.5 Å². The Morgan fingerprint density at radius 3 is 2.07 bits per heavy atom. The van der Waals surface area contributed by atoms with Gasteiger partial charge in [0.1, 0.15) is 18.2 Å². The molecule has 0 radical (unpaired) electrons. The van der Waals surface area contributed by atoms with Crippen LogP contribution in [-0.4, -0.2) is 13.7 Å². The third-order valence-corrected chi connectivity index (χ3v) is 5.01. The minimum atomic E-state index is -0.274. The summed E-state index contributed by atoms with van der Waals surface area (Å²) in [5, 5.41) is 3.38. The molecule has 160 valence electrons. The highest BCUT2D eigenvalue weighted by Gasteiger charge is 2.12. The summed E-state index contributed by atoms with van der Waals surface area (Å²) in [6.07, 6.45) is 0.817. The molecule has 0 unspecified atom stereocenters. The molecule has 0 fully saturated rings. The topological polar surface area (TPSA) is 30.5 Å². The Hall–Kier alpha value is -2.15. The summed E-state index contributed by atoms with van der Waals surface area (Å²) >= 11 is 3.55. The third kappa shape index (κ3) is 6.97. The highest BCUT2D eigenvalue weighted by molar-refractivity contribution is 9.10. The van der Waals surface area contributed by atoms with Crippen molar-refractivity contribution in [3.63, 3.8) is 0 Å². The maximum atomic E-state index is 13.0. The zero-order valence-electron chi connectivity index (χ0n) is 16.5. The summed E-state index contributed by atoms with van der Waals surface area (Å²) in [4.78, 5) is 0. The van der Waals surface area contributed by atoms with Gasteiger partial charge < -0.3 is 14.8 Å². The van der Waals surface area contributed by atoms with Gasteiger partial charge in [-0.15, -0.1) is 12.4 Å². The van der Waals surface area contributed by atoms with E-state index in [1.807, 2.05) is 12.1 Å². The molecule has 1 N–H and O–H groups in total. The van der Waals surface area contributed by atoms with Gasteiger partial charge in [0, 0.05) is 6.54 Å². The van der Waals surface area contributed by atoms with E-state index in [2.05, 4.69) is 21.2 Å². The van der Waals surface area contributed by atoms with E-state index in [0.717, 1.165) is 34.1 Å².